The van der Waals surface area contributed by atoms with E-state index in [0.717, 1.165) is 12.1 Å². The summed E-state index contributed by atoms with van der Waals surface area (Å²) in [5.74, 6) is 0.442. The molecule has 0 aromatic carbocycles. The van der Waals surface area contributed by atoms with Gasteiger partial charge in [0.25, 0.3) is 5.91 Å². The molecule has 0 fully saturated rings. The molecule has 1 atom stereocenters. The van der Waals surface area contributed by atoms with Crippen LogP contribution in [0.4, 0.5) is 0 Å². The number of carbonyl (C=O) groups excluding carboxylic acids is 1. The topological polar surface area (TPSA) is 64.2 Å². The molecule has 0 saturated heterocycles. The van der Waals surface area contributed by atoms with E-state index in [9.17, 15) is 4.79 Å². The number of carbonyl (C=O) groups is 1. The first kappa shape index (κ1) is 20.9. The SMILES string of the molecule is Cc1c(C(=O)N(C)CCC(N)C(C)C)cnn1C(C)(C)C.Cl. The molecule has 0 aliphatic heterocycles. The highest BCUT2D eigenvalue weighted by Gasteiger charge is 2.23. The molecule has 1 aromatic rings. The second-order valence-corrected chi connectivity index (χ2v) is 7.15. The minimum absolute atomic E-state index is 0. The van der Waals surface area contributed by atoms with E-state index in [4.69, 9.17) is 5.73 Å². The molecule has 0 aliphatic carbocycles. The molecule has 2 N–H and O–H groups in total. The molecule has 1 rings (SSSR count). The average Bonchev–Trinajstić information content (AvgIpc) is 2.76. The Labute approximate surface area is 140 Å². The number of hydrogen-bond donors (Lipinski definition) is 1. The van der Waals surface area contributed by atoms with E-state index in [1.165, 1.54) is 0 Å². The van der Waals surface area contributed by atoms with E-state index in [2.05, 4.69) is 39.7 Å². The number of hydrogen-bond acceptors (Lipinski definition) is 3. The predicted octanol–water partition coefficient (Wildman–Crippen LogP) is 2.81. The normalized spacial score (nSPS) is 13.0. The molecule has 6 heteroatoms. The summed E-state index contributed by atoms with van der Waals surface area (Å²) in [5.41, 5.74) is 7.50. The highest BCUT2D eigenvalue weighted by atomic mass is 35.5. The summed E-state index contributed by atoms with van der Waals surface area (Å²) in [7, 11) is 1.82. The van der Waals surface area contributed by atoms with E-state index < -0.39 is 0 Å². The molecule has 0 aliphatic rings. The minimum atomic E-state index is -0.124. The van der Waals surface area contributed by atoms with Crippen molar-refractivity contribution in [1.82, 2.24) is 14.7 Å². The summed E-state index contributed by atoms with van der Waals surface area (Å²) in [6.07, 6.45) is 2.48. The van der Waals surface area contributed by atoms with E-state index >= 15 is 0 Å². The highest BCUT2D eigenvalue weighted by Crippen LogP contribution is 2.19. The Hall–Kier alpha value is -1.07. The van der Waals surface area contributed by atoms with Crippen molar-refractivity contribution in [3.05, 3.63) is 17.5 Å². The summed E-state index contributed by atoms with van der Waals surface area (Å²) in [5, 5.41) is 4.36. The third-order valence-corrected chi connectivity index (χ3v) is 3.88. The summed E-state index contributed by atoms with van der Waals surface area (Å²) in [6.45, 7) is 13.0. The fourth-order valence-corrected chi connectivity index (χ4v) is 2.28. The highest BCUT2D eigenvalue weighted by molar-refractivity contribution is 5.94. The van der Waals surface area contributed by atoms with Crippen LogP contribution in [0.1, 0.15) is 57.1 Å². The molecule has 1 amide bonds. The summed E-state index contributed by atoms with van der Waals surface area (Å²) >= 11 is 0. The van der Waals surface area contributed by atoms with Crippen LogP contribution < -0.4 is 5.73 Å². The average molecular weight is 331 g/mol. The fraction of sp³-hybridized carbons (Fsp3) is 0.750. The maximum Gasteiger partial charge on any atom is 0.257 e. The monoisotopic (exact) mass is 330 g/mol. The van der Waals surface area contributed by atoms with Gasteiger partial charge in [-0.2, -0.15) is 5.10 Å². The molecule has 0 radical (unpaired) electrons. The van der Waals surface area contributed by atoms with Gasteiger partial charge in [-0.15, -0.1) is 12.4 Å². The van der Waals surface area contributed by atoms with Gasteiger partial charge in [-0.05, 0) is 40.0 Å². The summed E-state index contributed by atoms with van der Waals surface area (Å²) in [6, 6.07) is 0.124. The van der Waals surface area contributed by atoms with Crippen molar-refractivity contribution < 1.29 is 4.79 Å². The molecule has 22 heavy (non-hydrogen) atoms. The number of nitrogens with two attached hydrogens (primary N) is 1. The minimum Gasteiger partial charge on any atom is -0.342 e. The second kappa shape index (κ2) is 7.97. The van der Waals surface area contributed by atoms with Crippen LogP contribution in [0.2, 0.25) is 0 Å². The number of rotatable bonds is 5. The molecule has 5 nitrogen and oxygen atoms in total. The quantitative estimate of drug-likeness (QED) is 0.902. The zero-order valence-electron chi connectivity index (χ0n) is 14.9. The summed E-state index contributed by atoms with van der Waals surface area (Å²) in [4.78, 5) is 14.3. The Kier molecular flexibility index (Phi) is 7.58. The molecule has 128 valence electrons. The van der Waals surface area contributed by atoms with Crippen molar-refractivity contribution >= 4 is 18.3 Å². The molecule has 1 heterocycles. The van der Waals surface area contributed by atoms with Gasteiger partial charge in [0.2, 0.25) is 0 Å². The van der Waals surface area contributed by atoms with Gasteiger partial charge in [-0.1, -0.05) is 13.8 Å². The van der Waals surface area contributed by atoms with Crippen LogP contribution in [-0.2, 0) is 5.54 Å². The van der Waals surface area contributed by atoms with Crippen molar-refractivity contribution in [3.8, 4) is 0 Å². The summed E-state index contributed by atoms with van der Waals surface area (Å²) < 4.78 is 1.90. The lowest BCUT2D eigenvalue weighted by atomic mass is 10.0. The van der Waals surface area contributed by atoms with Crippen molar-refractivity contribution in [2.75, 3.05) is 13.6 Å². The lowest BCUT2D eigenvalue weighted by molar-refractivity contribution is 0.0788. The fourth-order valence-electron chi connectivity index (χ4n) is 2.28. The first-order valence-electron chi connectivity index (χ1n) is 7.61. The van der Waals surface area contributed by atoms with E-state index in [1.807, 2.05) is 18.7 Å². The maximum absolute atomic E-state index is 12.5. The Bertz CT molecular complexity index is 491. The van der Waals surface area contributed by atoms with Gasteiger partial charge >= 0.3 is 0 Å². The van der Waals surface area contributed by atoms with Gasteiger partial charge in [0, 0.05) is 25.3 Å². The van der Waals surface area contributed by atoms with Gasteiger partial charge < -0.3 is 10.6 Å². The molecule has 0 saturated carbocycles. The number of amides is 1. The lowest BCUT2D eigenvalue weighted by Crippen LogP contribution is -2.35. The van der Waals surface area contributed by atoms with Crippen LogP contribution in [0.5, 0.6) is 0 Å². The molecule has 0 spiro atoms. The van der Waals surface area contributed by atoms with Crippen LogP contribution in [-0.4, -0.2) is 40.2 Å². The van der Waals surface area contributed by atoms with Crippen molar-refractivity contribution in [2.45, 2.75) is 59.5 Å². The first-order chi connectivity index (χ1) is 9.55. The largest absolute Gasteiger partial charge is 0.342 e. The maximum atomic E-state index is 12.5. The smallest absolute Gasteiger partial charge is 0.257 e. The Morgan fingerprint density at radius 1 is 1.41 bits per heavy atom. The molecule has 1 aromatic heterocycles. The molecular weight excluding hydrogens is 300 g/mol. The number of nitrogens with zero attached hydrogens (tertiary/aromatic N) is 3. The van der Waals surface area contributed by atoms with Crippen LogP contribution in [0.25, 0.3) is 0 Å². The van der Waals surface area contributed by atoms with Gasteiger partial charge in [-0.3, -0.25) is 9.48 Å². The van der Waals surface area contributed by atoms with Crippen molar-refractivity contribution in [1.29, 1.82) is 0 Å². The number of halogens is 1. The molecule has 0 bridgehead atoms. The zero-order valence-corrected chi connectivity index (χ0v) is 15.7. The van der Waals surface area contributed by atoms with E-state index in [-0.39, 0.29) is 29.9 Å². The van der Waals surface area contributed by atoms with Crippen LogP contribution in [0, 0.1) is 12.8 Å². The molecule has 1 unspecified atom stereocenters. The third kappa shape index (κ3) is 4.99. The van der Waals surface area contributed by atoms with Crippen LogP contribution >= 0.6 is 12.4 Å². The second-order valence-electron chi connectivity index (χ2n) is 7.15. The third-order valence-electron chi connectivity index (χ3n) is 3.88. The predicted molar refractivity (Wildman–Crippen MR) is 93.6 cm³/mol. The Morgan fingerprint density at radius 3 is 2.36 bits per heavy atom. The Morgan fingerprint density at radius 2 is 1.95 bits per heavy atom. The van der Waals surface area contributed by atoms with Gasteiger partial charge in [0.1, 0.15) is 0 Å². The first-order valence-corrected chi connectivity index (χ1v) is 7.61. The van der Waals surface area contributed by atoms with E-state index in [0.29, 0.717) is 18.0 Å². The van der Waals surface area contributed by atoms with Crippen LogP contribution in [0.15, 0.2) is 6.20 Å². The molecular formula is C16H31ClN4O. The van der Waals surface area contributed by atoms with Crippen LogP contribution in [0.3, 0.4) is 0 Å². The van der Waals surface area contributed by atoms with Gasteiger partial charge in [0.15, 0.2) is 0 Å². The zero-order chi connectivity index (χ0) is 16.4. The standard InChI is InChI=1S/C16H30N4O.ClH/c1-11(2)14(17)8-9-19(7)15(21)13-10-18-20(12(13)3)16(4,5)6;/h10-11,14H,8-9,17H2,1-7H3;1H. The van der Waals surface area contributed by atoms with Crippen molar-refractivity contribution in [2.24, 2.45) is 11.7 Å². The van der Waals surface area contributed by atoms with Gasteiger partial charge in [-0.25, -0.2) is 0 Å². The lowest BCUT2D eigenvalue weighted by Gasteiger charge is -2.23. The Balaban J connectivity index is 0.00000441. The van der Waals surface area contributed by atoms with Gasteiger partial charge in [0.05, 0.1) is 17.3 Å². The van der Waals surface area contributed by atoms with E-state index in [1.54, 1.807) is 11.1 Å². The number of aromatic nitrogens is 2. The van der Waals surface area contributed by atoms with Crippen molar-refractivity contribution in [3.63, 3.8) is 0 Å².